The molecule has 1 saturated carbocycles. The van der Waals surface area contributed by atoms with E-state index >= 15 is 0 Å². The van der Waals surface area contributed by atoms with Crippen molar-refractivity contribution in [3.8, 4) is 0 Å². The number of hydrogen-bond donors (Lipinski definition) is 0. The van der Waals surface area contributed by atoms with Gasteiger partial charge in [0.1, 0.15) is 0 Å². The molecule has 1 aromatic rings. The highest BCUT2D eigenvalue weighted by molar-refractivity contribution is 5.80. The van der Waals surface area contributed by atoms with Crippen molar-refractivity contribution in [1.82, 2.24) is 9.80 Å². The first-order valence-corrected chi connectivity index (χ1v) is 9.92. The molecule has 2 aliphatic carbocycles. The fraction of sp³-hybridized carbons (Fsp3) is 0.667. The lowest BCUT2D eigenvalue weighted by Crippen LogP contribution is -2.43. The molecule has 4 aliphatic rings. The summed E-state index contributed by atoms with van der Waals surface area (Å²) >= 11 is 0. The van der Waals surface area contributed by atoms with E-state index in [1.807, 2.05) is 0 Å². The van der Waals surface area contributed by atoms with Crippen LogP contribution in [0, 0.1) is 17.8 Å². The average molecular weight is 340 g/mol. The number of morpholine rings is 1. The molecule has 25 heavy (non-hydrogen) atoms. The highest BCUT2D eigenvalue weighted by Gasteiger charge is 2.50. The molecule has 3 atom stereocenters. The Morgan fingerprint density at radius 1 is 1.08 bits per heavy atom. The first-order valence-electron chi connectivity index (χ1n) is 9.92. The van der Waals surface area contributed by atoms with Crippen LogP contribution in [0.15, 0.2) is 24.3 Å². The first kappa shape index (κ1) is 15.8. The van der Waals surface area contributed by atoms with E-state index in [9.17, 15) is 4.79 Å². The standard InChI is InChI=1S/C21H28N2O2/c1-14-10-15(11-14)21(24)23-12-18-16-4-2-3-5-17(16)20(19(18)13-23)22-6-8-25-9-7-22/h2-5,14-15,18-20H,6-13H2,1H3/t14?,15?,18-,19-,20-/m0/s1. The van der Waals surface area contributed by atoms with Gasteiger partial charge in [-0.1, -0.05) is 31.2 Å². The number of fused-ring (bicyclic) bond motifs is 3. The number of nitrogens with zero attached hydrogens (tertiary/aromatic N) is 2. The molecule has 3 fully saturated rings. The molecule has 0 unspecified atom stereocenters. The highest BCUT2D eigenvalue weighted by Crippen LogP contribution is 2.52. The van der Waals surface area contributed by atoms with Crippen molar-refractivity contribution in [2.24, 2.45) is 17.8 Å². The molecule has 0 bridgehead atoms. The van der Waals surface area contributed by atoms with Crippen molar-refractivity contribution < 1.29 is 9.53 Å². The predicted molar refractivity (Wildman–Crippen MR) is 96.3 cm³/mol. The Balaban J connectivity index is 1.40. The number of likely N-dealkylation sites (tertiary alicyclic amines) is 1. The van der Waals surface area contributed by atoms with E-state index < -0.39 is 0 Å². The van der Waals surface area contributed by atoms with E-state index in [0.717, 1.165) is 58.2 Å². The summed E-state index contributed by atoms with van der Waals surface area (Å²) < 4.78 is 5.58. The molecule has 0 spiro atoms. The van der Waals surface area contributed by atoms with Crippen LogP contribution in [0.1, 0.15) is 42.9 Å². The van der Waals surface area contributed by atoms with Crippen LogP contribution in [0.5, 0.6) is 0 Å². The average Bonchev–Trinajstić information content (AvgIpc) is 3.16. The van der Waals surface area contributed by atoms with E-state index in [4.69, 9.17) is 4.74 Å². The van der Waals surface area contributed by atoms with E-state index in [1.165, 1.54) is 11.1 Å². The molecule has 0 N–H and O–H groups in total. The van der Waals surface area contributed by atoms with Crippen LogP contribution in [-0.2, 0) is 9.53 Å². The molecule has 2 heterocycles. The van der Waals surface area contributed by atoms with Gasteiger partial charge in [-0.2, -0.15) is 0 Å². The van der Waals surface area contributed by atoms with E-state index in [2.05, 4.69) is 41.0 Å². The zero-order chi connectivity index (χ0) is 17.0. The van der Waals surface area contributed by atoms with Gasteiger partial charge in [-0.05, 0) is 29.9 Å². The number of amides is 1. The zero-order valence-corrected chi connectivity index (χ0v) is 15.1. The monoisotopic (exact) mass is 340 g/mol. The van der Waals surface area contributed by atoms with E-state index in [-0.39, 0.29) is 0 Å². The lowest BCUT2D eigenvalue weighted by atomic mass is 9.75. The smallest absolute Gasteiger partial charge is 0.225 e. The Labute approximate surface area is 150 Å². The second-order valence-electron chi connectivity index (χ2n) is 8.51. The molecule has 0 aromatic heterocycles. The van der Waals surface area contributed by atoms with Gasteiger partial charge >= 0.3 is 0 Å². The Morgan fingerprint density at radius 2 is 1.80 bits per heavy atom. The quantitative estimate of drug-likeness (QED) is 0.830. The topological polar surface area (TPSA) is 32.8 Å². The number of ether oxygens (including phenoxy) is 1. The van der Waals surface area contributed by atoms with Gasteiger partial charge in [0.25, 0.3) is 0 Å². The SMILES string of the molecule is CC1CC(C(=O)N2C[C@H]3[C@@H](C2)c2ccccc2[C@@H]3N2CCOCC2)C1. The summed E-state index contributed by atoms with van der Waals surface area (Å²) in [6.45, 7) is 7.80. The number of rotatable bonds is 2. The van der Waals surface area contributed by atoms with Crippen LogP contribution in [0.2, 0.25) is 0 Å². The third kappa shape index (κ3) is 2.53. The van der Waals surface area contributed by atoms with Crippen LogP contribution in [0.25, 0.3) is 0 Å². The van der Waals surface area contributed by atoms with Crippen molar-refractivity contribution in [2.45, 2.75) is 31.7 Å². The number of benzene rings is 1. The Morgan fingerprint density at radius 3 is 2.52 bits per heavy atom. The highest BCUT2D eigenvalue weighted by atomic mass is 16.5. The van der Waals surface area contributed by atoms with Crippen LogP contribution >= 0.6 is 0 Å². The van der Waals surface area contributed by atoms with Crippen molar-refractivity contribution in [2.75, 3.05) is 39.4 Å². The molecule has 134 valence electrons. The van der Waals surface area contributed by atoms with Crippen LogP contribution in [0.4, 0.5) is 0 Å². The zero-order valence-electron chi connectivity index (χ0n) is 15.1. The third-order valence-corrected chi connectivity index (χ3v) is 6.96. The number of hydrogen-bond acceptors (Lipinski definition) is 3. The van der Waals surface area contributed by atoms with Crippen LogP contribution < -0.4 is 0 Å². The summed E-state index contributed by atoms with van der Waals surface area (Å²) in [6.07, 6.45) is 2.18. The molecule has 4 heteroatoms. The Hall–Kier alpha value is -1.39. The van der Waals surface area contributed by atoms with Gasteiger partial charge in [0.15, 0.2) is 0 Å². The van der Waals surface area contributed by atoms with Crippen molar-refractivity contribution in [3.63, 3.8) is 0 Å². The number of carbonyl (C=O) groups excluding carboxylic acids is 1. The Bertz CT molecular complexity index is 664. The van der Waals surface area contributed by atoms with E-state index in [0.29, 0.717) is 29.7 Å². The maximum absolute atomic E-state index is 12.9. The number of carbonyl (C=O) groups is 1. The molecule has 0 radical (unpaired) electrons. The van der Waals surface area contributed by atoms with Crippen LogP contribution in [0.3, 0.4) is 0 Å². The predicted octanol–water partition coefficient (Wildman–Crippen LogP) is 2.66. The first-order chi connectivity index (χ1) is 12.2. The molecule has 1 aromatic carbocycles. The molecule has 2 saturated heterocycles. The van der Waals surface area contributed by atoms with Gasteiger partial charge < -0.3 is 9.64 Å². The molecule has 2 aliphatic heterocycles. The maximum atomic E-state index is 12.9. The van der Waals surface area contributed by atoms with Crippen molar-refractivity contribution >= 4 is 5.91 Å². The molecule has 4 nitrogen and oxygen atoms in total. The summed E-state index contributed by atoms with van der Waals surface area (Å²) in [5.74, 6) is 2.52. The third-order valence-electron chi connectivity index (χ3n) is 6.96. The van der Waals surface area contributed by atoms with Crippen LogP contribution in [-0.4, -0.2) is 55.1 Å². The van der Waals surface area contributed by atoms with Crippen molar-refractivity contribution in [3.05, 3.63) is 35.4 Å². The minimum Gasteiger partial charge on any atom is -0.379 e. The summed E-state index contributed by atoms with van der Waals surface area (Å²) in [7, 11) is 0. The normalized spacial score (nSPS) is 37.5. The second-order valence-corrected chi connectivity index (χ2v) is 8.51. The van der Waals surface area contributed by atoms with Crippen molar-refractivity contribution in [1.29, 1.82) is 0 Å². The fourth-order valence-electron chi connectivity index (χ4n) is 5.69. The van der Waals surface area contributed by atoms with Gasteiger partial charge in [0.2, 0.25) is 5.91 Å². The summed E-state index contributed by atoms with van der Waals surface area (Å²) in [4.78, 5) is 17.7. The molecule has 5 rings (SSSR count). The minimum atomic E-state index is 0.297. The fourth-order valence-corrected chi connectivity index (χ4v) is 5.69. The second kappa shape index (κ2) is 6.10. The molecular formula is C21H28N2O2. The Kier molecular flexibility index (Phi) is 3.86. The molecular weight excluding hydrogens is 312 g/mol. The van der Waals surface area contributed by atoms with Gasteiger partial charge in [-0.15, -0.1) is 0 Å². The van der Waals surface area contributed by atoms with Gasteiger partial charge in [-0.25, -0.2) is 0 Å². The summed E-state index contributed by atoms with van der Waals surface area (Å²) in [6, 6.07) is 9.41. The minimum absolute atomic E-state index is 0.297. The lowest BCUT2D eigenvalue weighted by Gasteiger charge is -2.37. The van der Waals surface area contributed by atoms with Gasteiger partial charge in [0, 0.05) is 50.0 Å². The lowest BCUT2D eigenvalue weighted by molar-refractivity contribution is -0.138. The largest absolute Gasteiger partial charge is 0.379 e. The maximum Gasteiger partial charge on any atom is 0.225 e. The van der Waals surface area contributed by atoms with Gasteiger partial charge in [-0.3, -0.25) is 9.69 Å². The molecule has 1 amide bonds. The van der Waals surface area contributed by atoms with E-state index in [1.54, 1.807) is 0 Å². The summed E-state index contributed by atoms with van der Waals surface area (Å²) in [5.41, 5.74) is 2.99. The van der Waals surface area contributed by atoms with Gasteiger partial charge in [0.05, 0.1) is 13.2 Å². The summed E-state index contributed by atoms with van der Waals surface area (Å²) in [5, 5.41) is 0.